The standard InChI is InChI=1S/C14H13Cl2N3S/c1-8(15)14-18-12-4-3-10(16)5-13(12)19(14)7-11-6-17-9(2)20-11/h3-6,8H,7H2,1-2H3. The Morgan fingerprint density at radius 2 is 2.20 bits per heavy atom. The second kappa shape index (κ2) is 5.35. The molecule has 0 N–H and O–H groups in total. The van der Waals surface area contributed by atoms with E-state index in [0.717, 1.165) is 28.4 Å². The normalized spacial score (nSPS) is 13.0. The Hall–Kier alpha value is -1.10. The minimum Gasteiger partial charge on any atom is -0.321 e. The van der Waals surface area contributed by atoms with Crippen molar-refractivity contribution in [3.8, 4) is 0 Å². The Bertz CT molecular complexity index is 761. The predicted octanol–water partition coefficient (Wildman–Crippen LogP) is 4.80. The molecule has 6 heteroatoms. The molecule has 0 saturated heterocycles. The van der Waals surface area contributed by atoms with Crippen LogP contribution in [-0.2, 0) is 6.54 Å². The van der Waals surface area contributed by atoms with Crippen LogP contribution in [0.5, 0.6) is 0 Å². The fraction of sp³-hybridized carbons (Fsp3) is 0.286. The van der Waals surface area contributed by atoms with Gasteiger partial charge in [-0.25, -0.2) is 9.97 Å². The highest BCUT2D eigenvalue weighted by Crippen LogP contribution is 2.28. The minimum absolute atomic E-state index is 0.157. The maximum absolute atomic E-state index is 6.26. The number of nitrogens with zero attached hydrogens (tertiary/aromatic N) is 3. The van der Waals surface area contributed by atoms with Gasteiger partial charge in [0.2, 0.25) is 0 Å². The van der Waals surface area contributed by atoms with Gasteiger partial charge in [-0.3, -0.25) is 0 Å². The summed E-state index contributed by atoms with van der Waals surface area (Å²) in [5.74, 6) is 0.856. The fourth-order valence-electron chi connectivity index (χ4n) is 2.22. The third-order valence-corrected chi connectivity index (χ3v) is 4.41. The van der Waals surface area contributed by atoms with Gasteiger partial charge in [0.15, 0.2) is 0 Å². The van der Waals surface area contributed by atoms with Crippen molar-refractivity contribution >= 4 is 45.6 Å². The van der Waals surface area contributed by atoms with Gasteiger partial charge < -0.3 is 4.57 Å². The van der Waals surface area contributed by atoms with Gasteiger partial charge in [0, 0.05) is 16.1 Å². The third-order valence-electron chi connectivity index (χ3n) is 3.08. The third kappa shape index (κ3) is 2.55. The monoisotopic (exact) mass is 325 g/mol. The molecule has 0 aliphatic rings. The Kier molecular flexibility index (Phi) is 3.71. The number of imidazole rings is 1. The van der Waals surface area contributed by atoms with Crippen LogP contribution in [0.25, 0.3) is 11.0 Å². The number of fused-ring (bicyclic) bond motifs is 1. The molecule has 3 rings (SSSR count). The number of aryl methyl sites for hydroxylation is 1. The van der Waals surface area contributed by atoms with Gasteiger partial charge in [-0.1, -0.05) is 11.6 Å². The van der Waals surface area contributed by atoms with E-state index in [0.29, 0.717) is 5.02 Å². The lowest BCUT2D eigenvalue weighted by Gasteiger charge is -2.09. The van der Waals surface area contributed by atoms with E-state index in [-0.39, 0.29) is 5.38 Å². The van der Waals surface area contributed by atoms with Gasteiger partial charge in [-0.15, -0.1) is 22.9 Å². The number of hydrogen-bond donors (Lipinski definition) is 0. The van der Waals surface area contributed by atoms with Crippen LogP contribution in [0.2, 0.25) is 5.02 Å². The molecule has 0 aliphatic carbocycles. The van der Waals surface area contributed by atoms with Crippen LogP contribution < -0.4 is 0 Å². The molecule has 1 unspecified atom stereocenters. The second-order valence-corrected chi connectivity index (χ2v) is 7.06. The maximum Gasteiger partial charge on any atom is 0.128 e. The molecule has 104 valence electrons. The van der Waals surface area contributed by atoms with E-state index in [1.807, 2.05) is 38.2 Å². The zero-order valence-corrected chi connectivity index (χ0v) is 13.4. The number of benzene rings is 1. The van der Waals surface area contributed by atoms with Crippen molar-refractivity contribution in [2.75, 3.05) is 0 Å². The van der Waals surface area contributed by atoms with Crippen molar-refractivity contribution in [2.45, 2.75) is 25.8 Å². The van der Waals surface area contributed by atoms with Crippen molar-refractivity contribution in [3.63, 3.8) is 0 Å². The number of aromatic nitrogens is 3. The fourth-order valence-corrected chi connectivity index (χ4v) is 3.34. The van der Waals surface area contributed by atoms with Gasteiger partial charge in [0.05, 0.1) is 28.0 Å². The highest BCUT2D eigenvalue weighted by Gasteiger charge is 2.16. The average Bonchev–Trinajstić information content (AvgIpc) is 2.95. The van der Waals surface area contributed by atoms with Crippen molar-refractivity contribution in [3.05, 3.63) is 45.1 Å². The number of alkyl halides is 1. The molecule has 2 aromatic heterocycles. The molecule has 0 saturated carbocycles. The molecular formula is C14H13Cl2N3S. The summed E-state index contributed by atoms with van der Waals surface area (Å²) in [6.07, 6.45) is 1.90. The number of halogens is 2. The molecule has 3 aromatic rings. The average molecular weight is 326 g/mol. The first-order valence-electron chi connectivity index (χ1n) is 6.25. The lowest BCUT2D eigenvalue weighted by molar-refractivity contribution is 0.749. The summed E-state index contributed by atoms with van der Waals surface area (Å²) < 4.78 is 2.12. The summed E-state index contributed by atoms with van der Waals surface area (Å²) in [6, 6.07) is 5.70. The second-order valence-electron chi connectivity index (χ2n) is 4.65. The van der Waals surface area contributed by atoms with Gasteiger partial charge >= 0.3 is 0 Å². The maximum atomic E-state index is 6.26. The summed E-state index contributed by atoms with van der Waals surface area (Å²) in [5, 5.41) is 1.60. The Balaban J connectivity index is 2.15. The minimum atomic E-state index is -0.157. The van der Waals surface area contributed by atoms with Gasteiger partial charge in [0.25, 0.3) is 0 Å². The van der Waals surface area contributed by atoms with Gasteiger partial charge in [0.1, 0.15) is 5.82 Å². The molecule has 20 heavy (non-hydrogen) atoms. The van der Waals surface area contributed by atoms with Crippen molar-refractivity contribution < 1.29 is 0 Å². The molecule has 0 aliphatic heterocycles. The highest BCUT2D eigenvalue weighted by atomic mass is 35.5. The van der Waals surface area contributed by atoms with E-state index < -0.39 is 0 Å². The van der Waals surface area contributed by atoms with Crippen LogP contribution in [0.1, 0.15) is 28.0 Å². The zero-order valence-electron chi connectivity index (χ0n) is 11.1. The number of rotatable bonds is 3. The zero-order chi connectivity index (χ0) is 14.3. The number of hydrogen-bond acceptors (Lipinski definition) is 3. The molecule has 0 radical (unpaired) electrons. The summed E-state index contributed by atoms with van der Waals surface area (Å²) in [7, 11) is 0. The van der Waals surface area contributed by atoms with Crippen molar-refractivity contribution in [2.24, 2.45) is 0 Å². The van der Waals surface area contributed by atoms with Crippen LogP contribution in [0.3, 0.4) is 0 Å². The summed E-state index contributed by atoms with van der Waals surface area (Å²) in [4.78, 5) is 10.1. The molecule has 0 amide bonds. The molecule has 0 bridgehead atoms. The van der Waals surface area contributed by atoms with Gasteiger partial charge in [-0.05, 0) is 32.0 Å². The Labute approximate surface area is 131 Å². The summed E-state index contributed by atoms with van der Waals surface area (Å²) in [5.41, 5.74) is 1.92. The molecular weight excluding hydrogens is 313 g/mol. The number of thiazole rings is 1. The van der Waals surface area contributed by atoms with E-state index in [4.69, 9.17) is 23.2 Å². The van der Waals surface area contributed by atoms with E-state index in [9.17, 15) is 0 Å². The smallest absolute Gasteiger partial charge is 0.128 e. The molecule has 0 fully saturated rings. The molecule has 3 nitrogen and oxygen atoms in total. The van der Waals surface area contributed by atoms with E-state index >= 15 is 0 Å². The largest absolute Gasteiger partial charge is 0.321 e. The van der Waals surface area contributed by atoms with Crippen molar-refractivity contribution in [1.82, 2.24) is 14.5 Å². The summed E-state index contributed by atoms with van der Waals surface area (Å²) >= 11 is 14.0. The van der Waals surface area contributed by atoms with Gasteiger partial charge in [-0.2, -0.15) is 0 Å². The van der Waals surface area contributed by atoms with E-state index in [2.05, 4.69) is 14.5 Å². The summed E-state index contributed by atoms with van der Waals surface area (Å²) in [6.45, 7) is 4.65. The first-order valence-corrected chi connectivity index (χ1v) is 7.89. The van der Waals surface area contributed by atoms with Crippen LogP contribution in [0.4, 0.5) is 0 Å². The SMILES string of the molecule is Cc1ncc(Cn2c(C(C)Cl)nc3ccc(Cl)cc32)s1. The van der Waals surface area contributed by atoms with Crippen LogP contribution in [0.15, 0.2) is 24.4 Å². The van der Waals surface area contributed by atoms with Crippen LogP contribution in [-0.4, -0.2) is 14.5 Å². The Morgan fingerprint density at radius 3 is 2.85 bits per heavy atom. The molecule has 1 atom stereocenters. The highest BCUT2D eigenvalue weighted by molar-refractivity contribution is 7.11. The first kappa shape index (κ1) is 13.9. The van der Waals surface area contributed by atoms with Crippen molar-refractivity contribution in [1.29, 1.82) is 0 Å². The molecule has 0 spiro atoms. The van der Waals surface area contributed by atoms with E-state index in [1.165, 1.54) is 4.88 Å². The quantitative estimate of drug-likeness (QED) is 0.647. The van der Waals surface area contributed by atoms with E-state index in [1.54, 1.807) is 11.3 Å². The van der Waals surface area contributed by atoms with Crippen LogP contribution in [0, 0.1) is 6.92 Å². The lowest BCUT2D eigenvalue weighted by Crippen LogP contribution is -2.04. The molecule has 1 aromatic carbocycles. The first-order chi connectivity index (χ1) is 9.54. The molecule has 2 heterocycles. The Morgan fingerprint density at radius 1 is 1.40 bits per heavy atom. The van der Waals surface area contributed by atoms with Crippen LogP contribution >= 0.6 is 34.5 Å². The topological polar surface area (TPSA) is 30.7 Å². The lowest BCUT2D eigenvalue weighted by atomic mass is 10.3. The predicted molar refractivity (Wildman–Crippen MR) is 85.0 cm³/mol.